The Hall–Kier alpha value is -1.65. The maximum absolute atomic E-state index is 12.7. The summed E-state index contributed by atoms with van der Waals surface area (Å²) < 4.78 is 0. The van der Waals surface area contributed by atoms with Crippen molar-refractivity contribution < 1.29 is 4.79 Å². The molecular formula is C20H24N2OS. The molecule has 0 atom stereocenters. The largest absolute Gasteiger partial charge is 0.335 e. The van der Waals surface area contributed by atoms with Gasteiger partial charge in [-0.05, 0) is 48.9 Å². The van der Waals surface area contributed by atoms with Crippen LogP contribution in [0, 0.1) is 6.92 Å². The summed E-state index contributed by atoms with van der Waals surface area (Å²) in [5.41, 5.74) is 4.16. The molecule has 1 aliphatic heterocycles. The summed E-state index contributed by atoms with van der Waals surface area (Å²) in [7, 11) is 0. The summed E-state index contributed by atoms with van der Waals surface area (Å²) in [6.07, 6.45) is 3.58. The second-order valence-corrected chi connectivity index (χ2v) is 8.04. The Kier molecular flexibility index (Phi) is 4.42. The molecule has 4 heteroatoms. The lowest BCUT2D eigenvalue weighted by Crippen LogP contribution is -2.48. The van der Waals surface area contributed by atoms with Gasteiger partial charge in [0.2, 0.25) is 0 Å². The molecule has 2 aliphatic rings. The van der Waals surface area contributed by atoms with Gasteiger partial charge < -0.3 is 4.90 Å². The van der Waals surface area contributed by atoms with Gasteiger partial charge in [0.25, 0.3) is 5.91 Å². The highest BCUT2D eigenvalue weighted by atomic mass is 32.1. The van der Waals surface area contributed by atoms with E-state index in [2.05, 4.69) is 42.2 Å². The van der Waals surface area contributed by atoms with Gasteiger partial charge in [-0.25, -0.2) is 0 Å². The first-order chi connectivity index (χ1) is 11.7. The molecule has 0 saturated carbocycles. The van der Waals surface area contributed by atoms with Crippen LogP contribution in [0.25, 0.3) is 0 Å². The Balaban J connectivity index is 1.35. The quantitative estimate of drug-likeness (QED) is 0.854. The maximum atomic E-state index is 12.7. The predicted molar refractivity (Wildman–Crippen MR) is 98.7 cm³/mol. The first kappa shape index (κ1) is 15.9. The van der Waals surface area contributed by atoms with E-state index >= 15 is 0 Å². The topological polar surface area (TPSA) is 23.6 Å². The minimum atomic E-state index is 0.241. The number of fused-ring (bicyclic) bond motifs is 1. The first-order valence-electron chi connectivity index (χ1n) is 8.88. The van der Waals surface area contributed by atoms with E-state index in [1.54, 1.807) is 11.3 Å². The minimum Gasteiger partial charge on any atom is -0.335 e. The number of thiophene rings is 1. The molecule has 1 aromatic carbocycles. The summed E-state index contributed by atoms with van der Waals surface area (Å²) >= 11 is 1.72. The summed E-state index contributed by atoms with van der Waals surface area (Å²) in [5, 5.41) is 0. The summed E-state index contributed by atoms with van der Waals surface area (Å²) in [6, 6.07) is 10.7. The number of aryl methyl sites for hydroxylation is 3. The second kappa shape index (κ2) is 6.69. The number of rotatable bonds is 3. The molecule has 1 aliphatic carbocycles. The van der Waals surface area contributed by atoms with Crippen LogP contribution in [-0.4, -0.2) is 41.9 Å². The van der Waals surface area contributed by atoms with Crippen LogP contribution >= 0.6 is 11.3 Å². The third kappa shape index (κ3) is 3.13. The van der Waals surface area contributed by atoms with E-state index in [0.717, 1.165) is 50.4 Å². The number of hydrogen-bond acceptors (Lipinski definition) is 3. The third-order valence-corrected chi connectivity index (χ3v) is 6.50. The van der Waals surface area contributed by atoms with Gasteiger partial charge in [-0.3, -0.25) is 9.69 Å². The van der Waals surface area contributed by atoms with Gasteiger partial charge in [0.15, 0.2) is 0 Å². The molecule has 0 radical (unpaired) electrons. The van der Waals surface area contributed by atoms with Crippen molar-refractivity contribution in [3.63, 3.8) is 0 Å². The van der Waals surface area contributed by atoms with Crippen molar-refractivity contribution in [2.24, 2.45) is 0 Å². The molecule has 0 bridgehead atoms. The van der Waals surface area contributed by atoms with Crippen molar-refractivity contribution in [3.8, 4) is 0 Å². The molecule has 1 fully saturated rings. The van der Waals surface area contributed by atoms with E-state index < -0.39 is 0 Å². The van der Waals surface area contributed by atoms with Crippen LogP contribution in [0.2, 0.25) is 0 Å². The fraction of sp³-hybridized carbons (Fsp3) is 0.450. The van der Waals surface area contributed by atoms with Crippen LogP contribution in [0.4, 0.5) is 0 Å². The highest BCUT2D eigenvalue weighted by Gasteiger charge is 2.25. The van der Waals surface area contributed by atoms with E-state index in [1.807, 2.05) is 4.90 Å². The predicted octanol–water partition coefficient (Wildman–Crippen LogP) is 3.50. The molecule has 0 unspecified atom stereocenters. The Labute approximate surface area is 147 Å². The van der Waals surface area contributed by atoms with Crippen LogP contribution in [0.3, 0.4) is 0 Å². The Bertz CT molecular complexity index is 722. The van der Waals surface area contributed by atoms with Crippen LogP contribution in [0.1, 0.15) is 37.7 Å². The van der Waals surface area contributed by atoms with Gasteiger partial charge in [0.05, 0.1) is 4.88 Å². The molecule has 0 spiro atoms. The lowest BCUT2D eigenvalue weighted by Gasteiger charge is -2.34. The number of nitrogens with zero attached hydrogens (tertiary/aromatic N) is 2. The molecule has 4 rings (SSSR count). The highest BCUT2D eigenvalue weighted by molar-refractivity contribution is 7.14. The van der Waals surface area contributed by atoms with Crippen LogP contribution in [0.15, 0.2) is 30.3 Å². The Morgan fingerprint density at radius 3 is 2.67 bits per heavy atom. The molecular weight excluding hydrogens is 316 g/mol. The van der Waals surface area contributed by atoms with Gasteiger partial charge >= 0.3 is 0 Å². The zero-order valence-corrected chi connectivity index (χ0v) is 15.1. The zero-order chi connectivity index (χ0) is 16.5. The number of piperazine rings is 1. The molecule has 24 heavy (non-hydrogen) atoms. The molecule has 2 heterocycles. The average Bonchev–Trinajstić information content (AvgIpc) is 3.19. The normalized spacial score (nSPS) is 18.0. The number of amides is 1. The van der Waals surface area contributed by atoms with Crippen molar-refractivity contribution in [2.45, 2.75) is 32.7 Å². The van der Waals surface area contributed by atoms with E-state index in [1.165, 1.54) is 28.0 Å². The standard InChI is InChI=1S/C20H24N2OS/c1-15-5-2-3-6-17(15)14-21-9-11-22(12-10-21)20(23)19-13-16-7-4-8-18(16)24-19/h2-3,5-6,13H,4,7-12,14H2,1H3. The maximum Gasteiger partial charge on any atom is 0.264 e. The van der Waals surface area contributed by atoms with Crippen molar-refractivity contribution in [3.05, 3.63) is 56.8 Å². The summed E-state index contributed by atoms with van der Waals surface area (Å²) in [4.78, 5) is 19.6. The molecule has 0 N–H and O–H groups in total. The fourth-order valence-corrected chi connectivity index (χ4v) is 4.95. The van der Waals surface area contributed by atoms with Crippen molar-refractivity contribution in [1.29, 1.82) is 0 Å². The SMILES string of the molecule is Cc1ccccc1CN1CCN(C(=O)c2cc3c(s2)CCC3)CC1. The Morgan fingerprint density at radius 2 is 1.92 bits per heavy atom. The molecule has 1 amide bonds. The van der Waals surface area contributed by atoms with E-state index in [9.17, 15) is 4.79 Å². The van der Waals surface area contributed by atoms with Gasteiger partial charge in [0.1, 0.15) is 0 Å². The van der Waals surface area contributed by atoms with Gasteiger partial charge in [-0.2, -0.15) is 0 Å². The number of hydrogen-bond donors (Lipinski definition) is 0. The average molecular weight is 340 g/mol. The van der Waals surface area contributed by atoms with E-state index in [4.69, 9.17) is 0 Å². The van der Waals surface area contributed by atoms with E-state index in [-0.39, 0.29) is 5.91 Å². The molecule has 1 aromatic heterocycles. The fourth-order valence-electron chi connectivity index (χ4n) is 3.73. The van der Waals surface area contributed by atoms with Crippen LogP contribution in [0.5, 0.6) is 0 Å². The molecule has 2 aromatic rings. The van der Waals surface area contributed by atoms with Crippen LogP contribution in [-0.2, 0) is 19.4 Å². The van der Waals surface area contributed by atoms with Gasteiger partial charge in [-0.15, -0.1) is 11.3 Å². The van der Waals surface area contributed by atoms with Gasteiger partial charge in [0, 0.05) is 37.6 Å². The number of carbonyl (C=O) groups excluding carboxylic acids is 1. The molecule has 1 saturated heterocycles. The molecule has 126 valence electrons. The summed E-state index contributed by atoms with van der Waals surface area (Å²) in [6.45, 7) is 6.77. The lowest BCUT2D eigenvalue weighted by atomic mass is 10.1. The number of carbonyl (C=O) groups is 1. The van der Waals surface area contributed by atoms with Crippen molar-refractivity contribution >= 4 is 17.2 Å². The smallest absolute Gasteiger partial charge is 0.264 e. The second-order valence-electron chi connectivity index (χ2n) is 6.91. The van der Waals surface area contributed by atoms with Gasteiger partial charge in [-0.1, -0.05) is 24.3 Å². The van der Waals surface area contributed by atoms with Crippen LogP contribution < -0.4 is 0 Å². The minimum absolute atomic E-state index is 0.241. The monoisotopic (exact) mass is 340 g/mol. The number of benzene rings is 1. The molecule has 3 nitrogen and oxygen atoms in total. The zero-order valence-electron chi connectivity index (χ0n) is 14.3. The lowest BCUT2D eigenvalue weighted by molar-refractivity contribution is 0.0633. The summed E-state index contributed by atoms with van der Waals surface area (Å²) in [5.74, 6) is 0.241. The van der Waals surface area contributed by atoms with Crippen molar-refractivity contribution in [2.75, 3.05) is 26.2 Å². The Morgan fingerprint density at radius 1 is 1.12 bits per heavy atom. The van der Waals surface area contributed by atoms with E-state index in [0.29, 0.717) is 0 Å². The van der Waals surface area contributed by atoms with Crippen molar-refractivity contribution in [1.82, 2.24) is 9.80 Å². The highest BCUT2D eigenvalue weighted by Crippen LogP contribution is 2.31. The third-order valence-electron chi connectivity index (χ3n) is 5.27. The first-order valence-corrected chi connectivity index (χ1v) is 9.70.